The summed E-state index contributed by atoms with van der Waals surface area (Å²) in [5, 5.41) is 7.07. The van der Waals surface area contributed by atoms with Crippen molar-refractivity contribution < 1.29 is 27.2 Å². The van der Waals surface area contributed by atoms with Gasteiger partial charge < -0.3 is 11.1 Å². The minimum Gasteiger partial charge on any atom is -0.365 e. The Morgan fingerprint density at radius 2 is 1.83 bits per heavy atom. The molecule has 7 nitrogen and oxygen atoms in total. The fourth-order valence-electron chi connectivity index (χ4n) is 3.75. The lowest BCUT2D eigenvalue weighted by molar-refractivity contribution is -0.140. The minimum atomic E-state index is -4.79. The number of carbonyl (C=O) groups is 2. The Balaban J connectivity index is 1.92. The van der Waals surface area contributed by atoms with E-state index in [1.807, 2.05) is 0 Å². The summed E-state index contributed by atoms with van der Waals surface area (Å²) in [6, 6.07) is 4.74. The van der Waals surface area contributed by atoms with Crippen LogP contribution in [-0.4, -0.2) is 26.6 Å². The molecule has 4 rings (SSSR count). The highest BCUT2D eigenvalue weighted by Gasteiger charge is 2.35. The molecule has 0 aliphatic carbocycles. The van der Waals surface area contributed by atoms with Crippen molar-refractivity contribution in [2.24, 2.45) is 5.73 Å². The molecule has 0 spiro atoms. The zero-order valence-corrected chi connectivity index (χ0v) is 21.4. The largest absolute Gasteiger partial charge is 0.433 e. The second kappa shape index (κ2) is 9.28. The monoisotopic (exact) mass is 583 g/mol. The van der Waals surface area contributed by atoms with E-state index in [-0.39, 0.29) is 31.9 Å². The van der Waals surface area contributed by atoms with Gasteiger partial charge >= 0.3 is 6.18 Å². The van der Waals surface area contributed by atoms with E-state index < -0.39 is 35.5 Å². The lowest BCUT2D eigenvalue weighted by atomic mass is 10.0. The van der Waals surface area contributed by atoms with Crippen molar-refractivity contribution in [2.75, 3.05) is 5.32 Å². The minimum absolute atomic E-state index is 0.00730. The number of benzene rings is 1. The van der Waals surface area contributed by atoms with Gasteiger partial charge in [0.1, 0.15) is 27.3 Å². The topological polar surface area (TPSA) is 103 Å². The molecule has 4 aromatic rings. The number of nitrogens with zero attached hydrogens (tertiary/aromatic N) is 3. The van der Waals surface area contributed by atoms with Gasteiger partial charge in [0.15, 0.2) is 0 Å². The third kappa shape index (κ3) is 4.60. The van der Waals surface area contributed by atoms with Crippen LogP contribution in [-0.2, 0) is 11.0 Å². The normalized spacial score (nSPS) is 12.7. The van der Waals surface area contributed by atoms with Gasteiger partial charge in [-0.1, -0.05) is 12.1 Å². The van der Waals surface area contributed by atoms with Crippen LogP contribution in [0.4, 0.5) is 23.2 Å². The Bertz CT molecular complexity index is 1510. The highest BCUT2D eigenvalue weighted by molar-refractivity contribution is 9.10. The number of fused-ring (bicyclic) bond motifs is 1. The number of halogens is 5. The van der Waals surface area contributed by atoms with Crippen molar-refractivity contribution in [1.82, 2.24) is 14.8 Å². The average Bonchev–Trinajstić information content (AvgIpc) is 3.30. The quantitative estimate of drug-likeness (QED) is 0.281. The van der Waals surface area contributed by atoms with Crippen LogP contribution in [0.25, 0.3) is 21.3 Å². The SMILES string of the molecule is Cc1nn(C(C)C(=O)Nc2c(C(N)=O)sc3nc(C(F)(F)F)cc(-c4ccc(F)cc4)c23)c(C)c1Br. The summed E-state index contributed by atoms with van der Waals surface area (Å²) < 4.78 is 56.6. The van der Waals surface area contributed by atoms with E-state index in [9.17, 15) is 27.2 Å². The molecule has 0 saturated heterocycles. The van der Waals surface area contributed by atoms with Gasteiger partial charge in [-0.05, 0) is 66.0 Å². The van der Waals surface area contributed by atoms with Crippen molar-refractivity contribution in [1.29, 1.82) is 0 Å². The van der Waals surface area contributed by atoms with Gasteiger partial charge in [-0.25, -0.2) is 9.37 Å². The molecule has 0 saturated carbocycles. The fraction of sp³-hybridized carbons (Fsp3) is 0.217. The number of anilines is 1. The number of alkyl halides is 3. The van der Waals surface area contributed by atoms with Gasteiger partial charge in [0.05, 0.1) is 21.5 Å². The number of pyridine rings is 1. The molecular formula is C23H18BrF4N5O2S. The number of amides is 2. The molecule has 0 radical (unpaired) electrons. The Morgan fingerprint density at radius 1 is 1.19 bits per heavy atom. The molecule has 1 aromatic carbocycles. The van der Waals surface area contributed by atoms with Gasteiger partial charge in [0.25, 0.3) is 5.91 Å². The fourth-order valence-corrected chi connectivity index (χ4v) is 5.02. The smallest absolute Gasteiger partial charge is 0.365 e. The average molecular weight is 584 g/mol. The number of carbonyl (C=O) groups excluding carboxylic acids is 2. The number of nitrogens with one attached hydrogen (secondary N) is 1. The van der Waals surface area contributed by atoms with Crippen LogP contribution >= 0.6 is 27.3 Å². The van der Waals surface area contributed by atoms with E-state index in [1.165, 1.54) is 16.8 Å². The Hall–Kier alpha value is -3.32. The summed E-state index contributed by atoms with van der Waals surface area (Å²) >= 11 is 4.03. The van der Waals surface area contributed by atoms with E-state index in [0.29, 0.717) is 22.7 Å². The molecular weight excluding hydrogens is 566 g/mol. The second-order valence-electron chi connectivity index (χ2n) is 8.00. The Labute approximate surface area is 214 Å². The molecule has 13 heteroatoms. The number of hydrogen-bond acceptors (Lipinski definition) is 5. The third-order valence-electron chi connectivity index (χ3n) is 5.56. The van der Waals surface area contributed by atoms with Gasteiger partial charge in [-0.3, -0.25) is 14.3 Å². The van der Waals surface area contributed by atoms with Crippen LogP contribution < -0.4 is 11.1 Å². The van der Waals surface area contributed by atoms with E-state index in [2.05, 4.69) is 31.3 Å². The van der Waals surface area contributed by atoms with Crippen LogP contribution in [0.2, 0.25) is 0 Å². The van der Waals surface area contributed by atoms with Crippen molar-refractivity contribution >= 4 is 55.0 Å². The van der Waals surface area contributed by atoms with Crippen LogP contribution in [0, 0.1) is 19.7 Å². The standard InChI is InChI=1S/C23H18BrF4N5O2S/c1-9-17(24)10(2)33(32-9)11(3)21(35)31-18-16-14(12-4-6-13(25)7-5-12)8-15(23(26,27)28)30-22(16)36-19(18)20(29)34/h4-8,11H,1-3H3,(H2,29,34)(H,31,35). The first-order valence-corrected chi connectivity index (χ1v) is 12.0. The summed E-state index contributed by atoms with van der Waals surface area (Å²) in [6.07, 6.45) is -4.79. The number of aromatic nitrogens is 3. The van der Waals surface area contributed by atoms with E-state index >= 15 is 0 Å². The molecule has 3 heterocycles. The molecule has 1 unspecified atom stereocenters. The molecule has 0 aliphatic rings. The number of aryl methyl sites for hydroxylation is 1. The maximum Gasteiger partial charge on any atom is 0.433 e. The zero-order chi connectivity index (χ0) is 26.5. The molecule has 2 amide bonds. The highest BCUT2D eigenvalue weighted by atomic mass is 79.9. The second-order valence-corrected chi connectivity index (χ2v) is 9.80. The van der Waals surface area contributed by atoms with Crippen molar-refractivity contribution in [2.45, 2.75) is 33.0 Å². The van der Waals surface area contributed by atoms with Crippen molar-refractivity contribution in [3.8, 4) is 11.1 Å². The first-order valence-electron chi connectivity index (χ1n) is 10.4. The third-order valence-corrected chi connectivity index (χ3v) is 7.81. The number of hydrogen-bond donors (Lipinski definition) is 2. The molecule has 188 valence electrons. The van der Waals surface area contributed by atoms with Crippen LogP contribution in [0.1, 0.15) is 39.7 Å². The first kappa shape index (κ1) is 25.8. The molecule has 3 aromatic heterocycles. The van der Waals surface area contributed by atoms with E-state index in [4.69, 9.17) is 5.73 Å². The lowest BCUT2D eigenvalue weighted by Gasteiger charge is -2.16. The van der Waals surface area contributed by atoms with Crippen molar-refractivity contribution in [3.05, 3.63) is 62.6 Å². The molecule has 36 heavy (non-hydrogen) atoms. The molecule has 1 atom stereocenters. The van der Waals surface area contributed by atoms with Crippen LogP contribution in [0.15, 0.2) is 34.8 Å². The van der Waals surface area contributed by atoms with Gasteiger partial charge in [0, 0.05) is 5.39 Å². The summed E-state index contributed by atoms with van der Waals surface area (Å²) in [4.78, 5) is 28.8. The van der Waals surface area contributed by atoms with Gasteiger partial charge in [-0.2, -0.15) is 18.3 Å². The number of rotatable bonds is 5. The van der Waals surface area contributed by atoms with Crippen molar-refractivity contribution in [3.63, 3.8) is 0 Å². The predicted octanol–water partition coefficient (Wildman–Crippen LogP) is 6.00. The Morgan fingerprint density at radius 3 is 2.36 bits per heavy atom. The zero-order valence-electron chi connectivity index (χ0n) is 19.0. The number of nitrogens with two attached hydrogens (primary N) is 1. The summed E-state index contributed by atoms with van der Waals surface area (Å²) in [5.74, 6) is -2.12. The Kier molecular flexibility index (Phi) is 6.64. The van der Waals surface area contributed by atoms with Gasteiger partial charge in [-0.15, -0.1) is 11.3 Å². The van der Waals surface area contributed by atoms with Crippen LogP contribution in [0.3, 0.4) is 0 Å². The summed E-state index contributed by atoms with van der Waals surface area (Å²) in [6.45, 7) is 5.10. The van der Waals surface area contributed by atoms with E-state index in [0.717, 1.165) is 22.7 Å². The van der Waals surface area contributed by atoms with Gasteiger partial charge in [0.2, 0.25) is 5.91 Å². The molecule has 0 fully saturated rings. The molecule has 0 bridgehead atoms. The summed E-state index contributed by atoms with van der Waals surface area (Å²) in [5.41, 5.74) is 5.83. The maximum atomic E-state index is 13.6. The van der Waals surface area contributed by atoms with Crippen LogP contribution in [0.5, 0.6) is 0 Å². The summed E-state index contributed by atoms with van der Waals surface area (Å²) in [7, 11) is 0. The number of thiophene rings is 1. The lowest BCUT2D eigenvalue weighted by Crippen LogP contribution is -2.26. The highest BCUT2D eigenvalue weighted by Crippen LogP contribution is 2.44. The first-order chi connectivity index (χ1) is 16.8. The van der Waals surface area contributed by atoms with E-state index in [1.54, 1.807) is 20.8 Å². The molecule has 0 aliphatic heterocycles. The molecule has 3 N–H and O–H groups in total. The number of primary amides is 1. The predicted molar refractivity (Wildman–Crippen MR) is 131 cm³/mol. The maximum absolute atomic E-state index is 13.6.